The molecule has 0 aliphatic heterocycles. The summed E-state index contributed by atoms with van der Waals surface area (Å²) in [6.45, 7) is 2.28. The maximum atomic E-state index is 12.3. The van der Waals surface area contributed by atoms with Gasteiger partial charge >= 0.3 is 0 Å². The van der Waals surface area contributed by atoms with Crippen LogP contribution in [0.15, 0.2) is 42.5 Å². The molecule has 0 saturated heterocycles. The fraction of sp³-hybridized carbons (Fsp3) is 0.278. The molecule has 0 bridgehead atoms. The minimum Gasteiger partial charge on any atom is -0.341 e. The van der Waals surface area contributed by atoms with Gasteiger partial charge in [0.1, 0.15) is 0 Å². The molecular formula is C18H19ClN2O3S. The highest BCUT2D eigenvalue weighted by Crippen LogP contribution is 2.23. The normalized spacial score (nSPS) is 10.5. The highest BCUT2D eigenvalue weighted by atomic mass is 35.5. The van der Waals surface area contributed by atoms with Gasteiger partial charge in [-0.05, 0) is 24.1 Å². The van der Waals surface area contributed by atoms with Crippen LogP contribution in [0.1, 0.15) is 16.7 Å². The Balaban J connectivity index is 1.90. The molecule has 0 fully saturated rings. The molecule has 132 valence electrons. The molecule has 2 rings (SSSR count). The van der Waals surface area contributed by atoms with Gasteiger partial charge in [-0.2, -0.15) is 0 Å². The third-order valence-electron chi connectivity index (χ3n) is 3.65. The largest absolute Gasteiger partial charge is 0.341 e. The summed E-state index contributed by atoms with van der Waals surface area (Å²) in [5.74, 6) is 1.07. The molecule has 0 unspecified atom stereocenters. The Morgan fingerprint density at radius 1 is 1.28 bits per heavy atom. The van der Waals surface area contributed by atoms with Crippen LogP contribution in [0.3, 0.4) is 0 Å². The van der Waals surface area contributed by atoms with E-state index in [2.05, 4.69) is 6.07 Å². The molecule has 1 amide bonds. The molecule has 2 aromatic carbocycles. The number of hydrogen-bond acceptors (Lipinski definition) is 4. The maximum absolute atomic E-state index is 12.3. The topological polar surface area (TPSA) is 63.5 Å². The van der Waals surface area contributed by atoms with Gasteiger partial charge in [0.05, 0.1) is 10.7 Å². The van der Waals surface area contributed by atoms with E-state index >= 15 is 0 Å². The zero-order chi connectivity index (χ0) is 18.4. The Labute approximate surface area is 156 Å². The molecule has 0 saturated carbocycles. The van der Waals surface area contributed by atoms with Gasteiger partial charge in [-0.3, -0.25) is 14.9 Å². The van der Waals surface area contributed by atoms with Crippen molar-refractivity contribution in [2.75, 3.05) is 12.8 Å². The zero-order valence-corrected chi connectivity index (χ0v) is 15.6. The Morgan fingerprint density at radius 3 is 2.72 bits per heavy atom. The average Bonchev–Trinajstić information content (AvgIpc) is 2.56. The van der Waals surface area contributed by atoms with Crippen molar-refractivity contribution in [2.45, 2.75) is 19.2 Å². The van der Waals surface area contributed by atoms with E-state index in [1.165, 1.54) is 34.2 Å². The number of nitro benzene ring substituents is 1. The fourth-order valence-electron chi connectivity index (χ4n) is 2.31. The van der Waals surface area contributed by atoms with E-state index in [-0.39, 0.29) is 18.1 Å². The zero-order valence-electron chi connectivity index (χ0n) is 14.1. The lowest BCUT2D eigenvalue weighted by atomic mass is 10.2. The summed E-state index contributed by atoms with van der Waals surface area (Å²) in [5, 5.41) is 11.3. The minimum absolute atomic E-state index is 0.0333. The second kappa shape index (κ2) is 8.87. The van der Waals surface area contributed by atoms with E-state index in [4.69, 9.17) is 11.6 Å². The Hall–Kier alpha value is -2.05. The number of aryl methyl sites for hydroxylation is 1. The monoisotopic (exact) mass is 378 g/mol. The standard InChI is InChI=1S/C18H19ClN2O3S/c1-13-4-3-5-14(8-13)11-25-12-18(22)20(2)10-15-9-16(21(23)24)6-7-17(15)19/h3-9H,10-12H2,1-2H3. The molecule has 0 N–H and O–H groups in total. The number of thioether (sulfide) groups is 1. The third kappa shape index (κ3) is 5.76. The van der Waals surface area contributed by atoms with E-state index in [1.54, 1.807) is 18.8 Å². The lowest BCUT2D eigenvalue weighted by Crippen LogP contribution is -2.28. The van der Waals surface area contributed by atoms with Crippen molar-refractivity contribution >= 4 is 35.0 Å². The highest BCUT2D eigenvalue weighted by molar-refractivity contribution is 7.99. The lowest BCUT2D eigenvalue weighted by molar-refractivity contribution is -0.384. The van der Waals surface area contributed by atoms with Crippen LogP contribution in [0.4, 0.5) is 5.69 Å². The van der Waals surface area contributed by atoms with Crippen LogP contribution in [0.2, 0.25) is 5.02 Å². The van der Waals surface area contributed by atoms with Crippen molar-refractivity contribution in [2.24, 2.45) is 0 Å². The van der Waals surface area contributed by atoms with Crippen molar-refractivity contribution < 1.29 is 9.72 Å². The van der Waals surface area contributed by atoms with E-state index in [9.17, 15) is 14.9 Å². The summed E-state index contributed by atoms with van der Waals surface area (Å²) in [6, 6.07) is 12.4. The van der Waals surface area contributed by atoms with Gasteiger partial charge < -0.3 is 4.90 Å². The number of nitrogens with zero attached hydrogens (tertiary/aromatic N) is 2. The van der Waals surface area contributed by atoms with Gasteiger partial charge in [0.15, 0.2) is 0 Å². The molecule has 0 radical (unpaired) electrons. The number of carbonyl (C=O) groups excluding carboxylic acids is 1. The van der Waals surface area contributed by atoms with Crippen molar-refractivity contribution in [1.82, 2.24) is 4.90 Å². The van der Waals surface area contributed by atoms with Crippen LogP contribution in [0, 0.1) is 17.0 Å². The van der Waals surface area contributed by atoms with Crippen LogP contribution < -0.4 is 0 Å². The maximum Gasteiger partial charge on any atom is 0.269 e. The quantitative estimate of drug-likeness (QED) is 0.527. The molecule has 7 heteroatoms. The summed E-state index contributed by atoms with van der Waals surface area (Å²) in [5.41, 5.74) is 2.91. The van der Waals surface area contributed by atoms with Crippen LogP contribution >= 0.6 is 23.4 Å². The number of amides is 1. The van der Waals surface area contributed by atoms with E-state index in [0.717, 1.165) is 5.75 Å². The third-order valence-corrected chi connectivity index (χ3v) is 5.01. The second-order valence-electron chi connectivity index (χ2n) is 5.76. The summed E-state index contributed by atoms with van der Waals surface area (Å²) in [7, 11) is 1.67. The van der Waals surface area contributed by atoms with Gasteiger partial charge in [-0.15, -0.1) is 11.8 Å². The molecule has 25 heavy (non-hydrogen) atoms. The number of halogens is 1. The smallest absolute Gasteiger partial charge is 0.269 e. The number of nitro groups is 1. The molecule has 0 aliphatic carbocycles. The first kappa shape index (κ1) is 19.3. The van der Waals surface area contributed by atoms with Crippen molar-refractivity contribution in [3.05, 3.63) is 74.3 Å². The van der Waals surface area contributed by atoms with E-state index in [0.29, 0.717) is 16.3 Å². The lowest BCUT2D eigenvalue weighted by Gasteiger charge is -2.18. The molecule has 0 heterocycles. The Kier molecular flexibility index (Phi) is 6.84. The van der Waals surface area contributed by atoms with Gasteiger partial charge in [-0.1, -0.05) is 41.4 Å². The first-order valence-electron chi connectivity index (χ1n) is 7.67. The van der Waals surface area contributed by atoms with E-state index < -0.39 is 4.92 Å². The minimum atomic E-state index is -0.473. The molecule has 0 spiro atoms. The van der Waals surface area contributed by atoms with Crippen LogP contribution in [0.5, 0.6) is 0 Å². The number of rotatable bonds is 7. The van der Waals surface area contributed by atoms with Gasteiger partial charge in [-0.25, -0.2) is 0 Å². The Morgan fingerprint density at radius 2 is 2.04 bits per heavy atom. The van der Waals surface area contributed by atoms with Gasteiger partial charge in [0.25, 0.3) is 5.69 Å². The Bertz CT molecular complexity index is 783. The van der Waals surface area contributed by atoms with Crippen molar-refractivity contribution in [3.63, 3.8) is 0 Å². The number of hydrogen-bond donors (Lipinski definition) is 0. The van der Waals surface area contributed by atoms with Crippen LogP contribution in [-0.2, 0) is 17.1 Å². The summed E-state index contributed by atoms with van der Waals surface area (Å²) < 4.78 is 0. The van der Waals surface area contributed by atoms with Gasteiger partial charge in [0.2, 0.25) is 5.91 Å². The van der Waals surface area contributed by atoms with Crippen LogP contribution in [0.25, 0.3) is 0 Å². The second-order valence-corrected chi connectivity index (χ2v) is 7.16. The summed E-state index contributed by atoms with van der Waals surface area (Å²) in [4.78, 5) is 24.2. The SMILES string of the molecule is Cc1cccc(CSCC(=O)N(C)Cc2cc([N+](=O)[O-])ccc2Cl)c1. The summed E-state index contributed by atoms with van der Waals surface area (Å²) >= 11 is 7.62. The molecule has 0 atom stereocenters. The average molecular weight is 379 g/mol. The van der Waals surface area contributed by atoms with Crippen molar-refractivity contribution in [1.29, 1.82) is 0 Å². The van der Waals surface area contributed by atoms with Crippen LogP contribution in [-0.4, -0.2) is 28.5 Å². The predicted octanol–water partition coefficient (Wildman–Crippen LogP) is 4.45. The first-order valence-corrected chi connectivity index (χ1v) is 9.20. The predicted molar refractivity (Wildman–Crippen MR) is 102 cm³/mol. The van der Waals surface area contributed by atoms with Crippen molar-refractivity contribution in [3.8, 4) is 0 Å². The molecular weight excluding hydrogens is 360 g/mol. The van der Waals surface area contributed by atoms with Gasteiger partial charge in [0, 0.05) is 36.5 Å². The first-order chi connectivity index (χ1) is 11.9. The van der Waals surface area contributed by atoms with E-state index in [1.807, 2.05) is 25.1 Å². The molecule has 0 aromatic heterocycles. The molecule has 0 aliphatic rings. The summed E-state index contributed by atoms with van der Waals surface area (Å²) in [6.07, 6.45) is 0. The fourth-order valence-corrected chi connectivity index (χ4v) is 3.40. The molecule has 5 nitrogen and oxygen atoms in total. The number of benzene rings is 2. The number of carbonyl (C=O) groups is 1. The number of non-ortho nitro benzene ring substituents is 1. The highest BCUT2D eigenvalue weighted by Gasteiger charge is 2.14. The molecule has 2 aromatic rings.